The minimum Gasteiger partial charge on any atom is -0.0840 e. The summed E-state index contributed by atoms with van der Waals surface area (Å²) in [5.74, 6) is 0.506. The lowest BCUT2D eigenvalue weighted by molar-refractivity contribution is 0.570. The van der Waals surface area contributed by atoms with Crippen LogP contribution in [0.3, 0.4) is 0 Å². The van der Waals surface area contributed by atoms with Crippen molar-refractivity contribution in [1.29, 1.82) is 0 Å². The standard InChI is InChI=1S/C13H18Cl2/c1-3-5-7-10(4-2)13-11(14)8-6-9-12(13)15/h6,8-10H,3-5,7H2,1-2H3. The number of hydrogen-bond acceptors (Lipinski definition) is 0. The van der Waals surface area contributed by atoms with Crippen LogP contribution in [0, 0.1) is 0 Å². The molecule has 0 aliphatic carbocycles. The molecule has 15 heavy (non-hydrogen) atoms. The van der Waals surface area contributed by atoms with Gasteiger partial charge in [0.1, 0.15) is 0 Å². The smallest absolute Gasteiger partial charge is 0.0455 e. The van der Waals surface area contributed by atoms with Crippen molar-refractivity contribution in [2.24, 2.45) is 0 Å². The van der Waals surface area contributed by atoms with Gasteiger partial charge in [0.25, 0.3) is 0 Å². The number of rotatable bonds is 5. The summed E-state index contributed by atoms with van der Waals surface area (Å²) in [4.78, 5) is 0. The molecule has 0 nitrogen and oxygen atoms in total. The van der Waals surface area contributed by atoms with Gasteiger partial charge in [0.2, 0.25) is 0 Å². The van der Waals surface area contributed by atoms with E-state index < -0.39 is 0 Å². The Kier molecular flexibility index (Phi) is 5.49. The Bertz CT molecular complexity index is 287. The lowest BCUT2D eigenvalue weighted by Gasteiger charge is -2.17. The van der Waals surface area contributed by atoms with Gasteiger partial charge in [0.05, 0.1) is 0 Å². The van der Waals surface area contributed by atoms with Crippen molar-refractivity contribution in [1.82, 2.24) is 0 Å². The average Bonchev–Trinajstić information content (AvgIpc) is 2.22. The third kappa shape index (κ3) is 3.39. The first-order valence-electron chi connectivity index (χ1n) is 5.64. The van der Waals surface area contributed by atoms with E-state index in [0.717, 1.165) is 22.0 Å². The molecule has 0 amide bonds. The second-order valence-electron chi connectivity index (χ2n) is 3.88. The van der Waals surface area contributed by atoms with Gasteiger partial charge in [-0.05, 0) is 36.5 Å². The second-order valence-corrected chi connectivity index (χ2v) is 4.70. The summed E-state index contributed by atoms with van der Waals surface area (Å²) >= 11 is 12.4. The van der Waals surface area contributed by atoms with Crippen LogP contribution >= 0.6 is 23.2 Å². The Balaban J connectivity index is 2.90. The molecule has 1 atom stereocenters. The maximum atomic E-state index is 6.20. The second kappa shape index (κ2) is 6.40. The van der Waals surface area contributed by atoms with Crippen LogP contribution in [-0.2, 0) is 0 Å². The van der Waals surface area contributed by atoms with E-state index in [0.29, 0.717) is 5.92 Å². The number of benzene rings is 1. The minimum absolute atomic E-state index is 0.506. The normalized spacial score (nSPS) is 12.8. The van der Waals surface area contributed by atoms with Gasteiger partial charge in [-0.15, -0.1) is 0 Å². The highest BCUT2D eigenvalue weighted by Crippen LogP contribution is 2.36. The fraction of sp³-hybridized carbons (Fsp3) is 0.538. The van der Waals surface area contributed by atoms with Crippen molar-refractivity contribution in [3.63, 3.8) is 0 Å². The molecule has 2 heteroatoms. The zero-order valence-corrected chi connectivity index (χ0v) is 10.9. The van der Waals surface area contributed by atoms with Crippen LogP contribution in [0.2, 0.25) is 10.0 Å². The van der Waals surface area contributed by atoms with Gasteiger partial charge in [-0.1, -0.05) is 56.0 Å². The fourth-order valence-electron chi connectivity index (χ4n) is 1.90. The van der Waals surface area contributed by atoms with E-state index in [9.17, 15) is 0 Å². The van der Waals surface area contributed by atoms with Crippen LogP contribution in [0.25, 0.3) is 0 Å². The summed E-state index contributed by atoms with van der Waals surface area (Å²) in [6.45, 7) is 4.40. The molecule has 0 aliphatic rings. The largest absolute Gasteiger partial charge is 0.0840 e. The molecule has 1 aromatic rings. The molecule has 0 heterocycles. The molecular weight excluding hydrogens is 227 g/mol. The average molecular weight is 245 g/mol. The molecule has 0 fully saturated rings. The predicted octanol–water partition coefficient (Wildman–Crippen LogP) is 5.68. The number of halogens is 2. The van der Waals surface area contributed by atoms with E-state index >= 15 is 0 Å². The predicted molar refractivity (Wildman–Crippen MR) is 69.0 cm³/mol. The van der Waals surface area contributed by atoms with Gasteiger partial charge < -0.3 is 0 Å². The summed E-state index contributed by atoms with van der Waals surface area (Å²) in [6.07, 6.45) is 4.73. The summed E-state index contributed by atoms with van der Waals surface area (Å²) in [7, 11) is 0. The van der Waals surface area contributed by atoms with E-state index in [2.05, 4.69) is 13.8 Å². The van der Waals surface area contributed by atoms with Crippen LogP contribution in [0.15, 0.2) is 18.2 Å². The molecule has 0 N–H and O–H groups in total. The van der Waals surface area contributed by atoms with Gasteiger partial charge in [0, 0.05) is 10.0 Å². The van der Waals surface area contributed by atoms with Crippen molar-refractivity contribution in [2.45, 2.75) is 45.4 Å². The van der Waals surface area contributed by atoms with E-state index in [1.807, 2.05) is 18.2 Å². The summed E-state index contributed by atoms with van der Waals surface area (Å²) < 4.78 is 0. The molecule has 0 saturated heterocycles. The van der Waals surface area contributed by atoms with Crippen molar-refractivity contribution in [3.8, 4) is 0 Å². The third-order valence-electron chi connectivity index (χ3n) is 2.81. The maximum Gasteiger partial charge on any atom is 0.0455 e. The highest BCUT2D eigenvalue weighted by molar-refractivity contribution is 6.36. The van der Waals surface area contributed by atoms with E-state index in [-0.39, 0.29) is 0 Å². The van der Waals surface area contributed by atoms with Gasteiger partial charge >= 0.3 is 0 Å². The zero-order chi connectivity index (χ0) is 11.3. The molecule has 84 valence electrons. The molecular formula is C13H18Cl2. The Hall–Kier alpha value is -0.200. The van der Waals surface area contributed by atoms with Crippen molar-refractivity contribution >= 4 is 23.2 Å². The van der Waals surface area contributed by atoms with Crippen molar-refractivity contribution in [2.75, 3.05) is 0 Å². The molecule has 1 rings (SSSR count). The highest BCUT2D eigenvalue weighted by atomic mass is 35.5. The van der Waals surface area contributed by atoms with Crippen molar-refractivity contribution in [3.05, 3.63) is 33.8 Å². The van der Waals surface area contributed by atoms with Gasteiger partial charge in [-0.2, -0.15) is 0 Å². The third-order valence-corrected chi connectivity index (χ3v) is 3.47. The molecule has 0 spiro atoms. The lowest BCUT2D eigenvalue weighted by Crippen LogP contribution is -1.99. The Morgan fingerprint density at radius 3 is 2.20 bits per heavy atom. The maximum absolute atomic E-state index is 6.20. The van der Waals surface area contributed by atoms with Gasteiger partial charge in [-0.25, -0.2) is 0 Å². The van der Waals surface area contributed by atoms with E-state index in [4.69, 9.17) is 23.2 Å². The van der Waals surface area contributed by atoms with Crippen molar-refractivity contribution < 1.29 is 0 Å². The Morgan fingerprint density at radius 1 is 1.13 bits per heavy atom. The number of unbranched alkanes of at least 4 members (excludes halogenated alkanes) is 1. The minimum atomic E-state index is 0.506. The first kappa shape index (κ1) is 12.9. The van der Waals surface area contributed by atoms with E-state index in [1.165, 1.54) is 19.3 Å². The molecule has 0 saturated carbocycles. The summed E-state index contributed by atoms with van der Waals surface area (Å²) in [5.41, 5.74) is 1.14. The van der Waals surface area contributed by atoms with E-state index in [1.54, 1.807) is 0 Å². The number of hydrogen-bond donors (Lipinski definition) is 0. The Morgan fingerprint density at radius 2 is 1.73 bits per heavy atom. The van der Waals surface area contributed by atoms with Crippen LogP contribution in [-0.4, -0.2) is 0 Å². The molecule has 0 radical (unpaired) electrons. The SMILES string of the molecule is CCCCC(CC)c1c(Cl)cccc1Cl. The monoisotopic (exact) mass is 244 g/mol. The molecule has 1 unspecified atom stereocenters. The molecule has 1 aromatic carbocycles. The van der Waals surface area contributed by atoms with Crippen LogP contribution < -0.4 is 0 Å². The van der Waals surface area contributed by atoms with Crippen LogP contribution in [0.4, 0.5) is 0 Å². The molecule has 0 aliphatic heterocycles. The van der Waals surface area contributed by atoms with Crippen LogP contribution in [0.5, 0.6) is 0 Å². The molecule has 0 bridgehead atoms. The first-order chi connectivity index (χ1) is 7.20. The quantitative estimate of drug-likeness (QED) is 0.626. The summed E-state index contributed by atoms with van der Waals surface area (Å²) in [5, 5.41) is 1.62. The van der Waals surface area contributed by atoms with Gasteiger partial charge in [0.15, 0.2) is 0 Å². The first-order valence-corrected chi connectivity index (χ1v) is 6.40. The topological polar surface area (TPSA) is 0 Å². The fourth-order valence-corrected chi connectivity index (χ4v) is 2.61. The highest BCUT2D eigenvalue weighted by Gasteiger charge is 2.15. The van der Waals surface area contributed by atoms with Crippen LogP contribution in [0.1, 0.15) is 51.0 Å². The van der Waals surface area contributed by atoms with Gasteiger partial charge in [-0.3, -0.25) is 0 Å². The molecule has 0 aromatic heterocycles. The Labute approximate surface area is 103 Å². The summed E-state index contributed by atoms with van der Waals surface area (Å²) in [6, 6.07) is 5.76. The zero-order valence-electron chi connectivity index (χ0n) is 9.39. The lowest BCUT2D eigenvalue weighted by atomic mass is 9.91.